The summed E-state index contributed by atoms with van der Waals surface area (Å²) in [4.78, 5) is 0. The van der Waals surface area contributed by atoms with Crippen LogP contribution < -0.4 is 0 Å². The maximum atomic E-state index is 8.37. The van der Waals surface area contributed by atoms with E-state index in [0.717, 1.165) is 39.1 Å². The highest BCUT2D eigenvalue weighted by Gasteiger charge is 2.12. The predicted molar refractivity (Wildman–Crippen MR) is 72.3 cm³/mol. The zero-order chi connectivity index (χ0) is 12.9. The Hall–Kier alpha value is -0.590. The van der Waals surface area contributed by atoms with Crippen molar-refractivity contribution in [3.05, 3.63) is 0 Å². The van der Waals surface area contributed by atoms with Crippen molar-refractivity contribution in [2.45, 2.75) is 70.3 Å². The van der Waals surface area contributed by atoms with Gasteiger partial charge in [-0.15, -0.1) is 0 Å². The maximum Gasteiger partial charge on any atom is 0.0621 e. The Kier molecular flexibility index (Phi) is 9.88. The minimum absolute atomic E-state index is 0.533. The lowest BCUT2D eigenvalue weighted by Crippen LogP contribution is -2.18. The summed E-state index contributed by atoms with van der Waals surface area (Å²) in [5, 5.41) is 8.37. The minimum atomic E-state index is 0.533. The first kappa shape index (κ1) is 15.5. The molecule has 0 amide bonds. The summed E-state index contributed by atoms with van der Waals surface area (Å²) >= 11 is 0. The Morgan fingerprint density at radius 3 is 2.61 bits per heavy atom. The highest BCUT2D eigenvalue weighted by Crippen LogP contribution is 2.18. The fourth-order valence-corrected chi connectivity index (χ4v) is 2.30. The molecule has 1 saturated heterocycles. The van der Waals surface area contributed by atoms with E-state index >= 15 is 0 Å². The van der Waals surface area contributed by atoms with E-state index in [1.54, 1.807) is 0 Å². The molecule has 0 bridgehead atoms. The summed E-state index contributed by atoms with van der Waals surface area (Å²) < 4.78 is 11.2. The van der Waals surface area contributed by atoms with Gasteiger partial charge in [-0.3, -0.25) is 0 Å². The van der Waals surface area contributed by atoms with Crippen LogP contribution in [0.15, 0.2) is 0 Å². The number of nitriles is 1. The van der Waals surface area contributed by atoms with Gasteiger partial charge >= 0.3 is 0 Å². The smallest absolute Gasteiger partial charge is 0.0621 e. The lowest BCUT2D eigenvalue weighted by molar-refractivity contribution is 0.00940. The molecule has 1 aliphatic rings. The van der Waals surface area contributed by atoms with Gasteiger partial charge in [0, 0.05) is 26.2 Å². The minimum Gasteiger partial charge on any atom is -0.381 e. The molecule has 1 aliphatic heterocycles. The Balaban J connectivity index is 1.74. The van der Waals surface area contributed by atoms with Crippen molar-refractivity contribution in [1.29, 1.82) is 5.26 Å². The van der Waals surface area contributed by atoms with Gasteiger partial charge in [0.1, 0.15) is 0 Å². The number of ether oxygens (including phenoxy) is 2. The van der Waals surface area contributed by atoms with Gasteiger partial charge in [0.05, 0.1) is 12.2 Å². The first-order chi connectivity index (χ1) is 8.93. The van der Waals surface area contributed by atoms with Crippen LogP contribution in [0, 0.1) is 11.3 Å². The molecule has 3 heteroatoms. The number of nitrogens with zero attached hydrogens (tertiary/aromatic N) is 1. The van der Waals surface area contributed by atoms with E-state index in [1.165, 1.54) is 38.5 Å². The second-order valence-electron chi connectivity index (χ2n) is 5.07. The van der Waals surface area contributed by atoms with Crippen LogP contribution in [-0.2, 0) is 9.47 Å². The Morgan fingerprint density at radius 1 is 1.06 bits per heavy atom. The first-order valence-corrected chi connectivity index (χ1v) is 7.50. The zero-order valence-corrected chi connectivity index (χ0v) is 11.5. The molecule has 0 N–H and O–H groups in total. The molecule has 18 heavy (non-hydrogen) atoms. The molecule has 0 spiro atoms. The Morgan fingerprint density at radius 2 is 1.89 bits per heavy atom. The average Bonchev–Trinajstić information content (AvgIpc) is 2.42. The van der Waals surface area contributed by atoms with Gasteiger partial charge < -0.3 is 9.47 Å². The van der Waals surface area contributed by atoms with E-state index in [9.17, 15) is 0 Å². The van der Waals surface area contributed by atoms with Crippen LogP contribution in [0.3, 0.4) is 0 Å². The van der Waals surface area contributed by atoms with E-state index in [-0.39, 0.29) is 0 Å². The van der Waals surface area contributed by atoms with Crippen LogP contribution in [0.2, 0.25) is 0 Å². The summed E-state index contributed by atoms with van der Waals surface area (Å²) in [6.07, 6.45) is 11.9. The third-order valence-corrected chi connectivity index (χ3v) is 3.42. The van der Waals surface area contributed by atoms with Crippen LogP contribution in [-0.4, -0.2) is 25.9 Å². The normalized spacial score (nSPS) is 19.6. The van der Waals surface area contributed by atoms with Crippen molar-refractivity contribution in [3.63, 3.8) is 0 Å². The van der Waals surface area contributed by atoms with Gasteiger partial charge in [-0.1, -0.05) is 12.8 Å². The van der Waals surface area contributed by atoms with Crippen molar-refractivity contribution >= 4 is 0 Å². The van der Waals surface area contributed by atoms with Gasteiger partial charge in [-0.2, -0.15) is 5.26 Å². The average molecular weight is 253 g/mol. The molecule has 0 radical (unpaired) electrons. The highest BCUT2D eigenvalue weighted by molar-refractivity contribution is 4.67. The summed E-state index contributed by atoms with van der Waals surface area (Å²) in [5.74, 6) is 0. The van der Waals surface area contributed by atoms with Gasteiger partial charge in [-0.05, 0) is 44.9 Å². The summed E-state index contributed by atoms with van der Waals surface area (Å²) in [5.41, 5.74) is 0. The SMILES string of the molecule is N#CCCCCOCCCCCC1CCCCO1. The first-order valence-electron chi connectivity index (χ1n) is 7.50. The van der Waals surface area contributed by atoms with Crippen LogP contribution in [0.4, 0.5) is 0 Å². The van der Waals surface area contributed by atoms with Gasteiger partial charge in [-0.25, -0.2) is 0 Å². The standard InChI is InChI=1S/C15H27NO2/c16-11-5-2-7-13-17-12-6-1-3-9-15-10-4-8-14-18-15/h15H,1-10,12-14H2. The van der Waals surface area contributed by atoms with Gasteiger partial charge in [0.2, 0.25) is 0 Å². The fourth-order valence-electron chi connectivity index (χ4n) is 2.30. The van der Waals surface area contributed by atoms with E-state index in [0.29, 0.717) is 12.5 Å². The second kappa shape index (κ2) is 11.5. The molecule has 3 nitrogen and oxygen atoms in total. The number of unbranched alkanes of at least 4 members (excludes halogenated alkanes) is 4. The predicted octanol–water partition coefficient (Wildman–Crippen LogP) is 3.83. The lowest BCUT2D eigenvalue weighted by atomic mass is 10.0. The molecule has 1 unspecified atom stereocenters. The zero-order valence-electron chi connectivity index (χ0n) is 11.5. The molecule has 0 aliphatic carbocycles. The molecular formula is C15H27NO2. The third kappa shape index (κ3) is 8.49. The van der Waals surface area contributed by atoms with Gasteiger partial charge in [0.25, 0.3) is 0 Å². The van der Waals surface area contributed by atoms with Crippen molar-refractivity contribution < 1.29 is 9.47 Å². The monoisotopic (exact) mass is 253 g/mol. The van der Waals surface area contributed by atoms with Crippen molar-refractivity contribution in [3.8, 4) is 6.07 Å². The van der Waals surface area contributed by atoms with E-state index < -0.39 is 0 Å². The van der Waals surface area contributed by atoms with Crippen LogP contribution in [0.1, 0.15) is 64.2 Å². The van der Waals surface area contributed by atoms with Crippen molar-refractivity contribution in [1.82, 2.24) is 0 Å². The fraction of sp³-hybridized carbons (Fsp3) is 0.933. The molecule has 0 aromatic carbocycles. The quantitative estimate of drug-likeness (QED) is 0.556. The molecule has 1 heterocycles. The summed E-state index contributed by atoms with van der Waals surface area (Å²) in [6, 6.07) is 2.15. The van der Waals surface area contributed by atoms with E-state index in [2.05, 4.69) is 6.07 Å². The largest absolute Gasteiger partial charge is 0.381 e. The molecule has 1 rings (SSSR count). The third-order valence-electron chi connectivity index (χ3n) is 3.42. The van der Waals surface area contributed by atoms with Crippen LogP contribution in [0.5, 0.6) is 0 Å². The number of hydrogen-bond acceptors (Lipinski definition) is 3. The maximum absolute atomic E-state index is 8.37. The van der Waals surface area contributed by atoms with Crippen molar-refractivity contribution in [2.24, 2.45) is 0 Å². The summed E-state index contributed by atoms with van der Waals surface area (Å²) in [7, 11) is 0. The van der Waals surface area contributed by atoms with Gasteiger partial charge in [0.15, 0.2) is 0 Å². The molecule has 0 saturated carbocycles. The topological polar surface area (TPSA) is 42.2 Å². The molecule has 1 fully saturated rings. The lowest BCUT2D eigenvalue weighted by Gasteiger charge is -2.22. The molecule has 104 valence electrons. The van der Waals surface area contributed by atoms with E-state index in [4.69, 9.17) is 14.7 Å². The summed E-state index contributed by atoms with van der Waals surface area (Å²) in [6.45, 7) is 2.65. The Bertz CT molecular complexity index is 219. The molecule has 0 aromatic heterocycles. The van der Waals surface area contributed by atoms with Crippen LogP contribution in [0.25, 0.3) is 0 Å². The Labute approximate surface area is 111 Å². The van der Waals surface area contributed by atoms with E-state index in [1.807, 2.05) is 0 Å². The molecule has 0 aromatic rings. The second-order valence-corrected chi connectivity index (χ2v) is 5.07. The number of hydrogen-bond donors (Lipinski definition) is 0. The van der Waals surface area contributed by atoms with Crippen molar-refractivity contribution in [2.75, 3.05) is 19.8 Å². The van der Waals surface area contributed by atoms with Crippen LogP contribution >= 0.6 is 0 Å². The molecule has 1 atom stereocenters. The molecular weight excluding hydrogens is 226 g/mol. The number of rotatable bonds is 10. The highest BCUT2D eigenvalue weighted by atomic mass is 16.5.